The zero-order valence-corrected chi connectivity index (χ0v) is 11.4. The van der Waals surface area contributed by atoms with Crippen molar-refractivity contribution in [3.8, 4) is 0 Å². The molecule has 1 aliphatic heterocycles. The van der Waals surface area contributed by atoms with Crippen LogP contribution in [0.5, 0.6) is 0 Å². The van der Waals surface area contributed by atoms with Crippen molar-refractivity contribution in [2.45, 2.75) is 56.8 Å². The van der Waals surface area contributed by atoms with E-state index in [0.717, 1.165) is 19.4 Å². The molecule has 1 amide bonds. The van der Waals surface area contributed by atoms with Gasteiger partial charge in [-0.15, -0.1) is 12.4 Å². The molecule has 0 aromatic rings. The zero-order valence-electron chi connectivity index (χ0n) is 10.6. The molecular formula is C12H20ClF3N2O. The summed E-state index contributed by atoms with van der Waals surface area (Å²) in [5.74, 6) is -1.39. The topological polar surface area (TPSA) is 41.1 Å². The molecule has 1 saturated carbocycles. The molecule has 1 saturated heterocycles. The quantitative estimate of drug-likeness (QED) is 0.822. The van der Waals surface area contributed by atoms with Crippen LogP contribution in [-0.2, 0) is 4.79 Å². The number of amides is 1. The molecule has 2 rings (SSSR count). The normalized spacial score (nSPS) is 31.6. The van der Waals surface area contributed by atoms with Crippen molar-refractivity contribution in [3.63, 3.8) is 0 Å². The van der Waals surface area contributed by atoms with Gasteiger partial charge in [-0.05, 0) is 38.6 Å². The maximum atomic E-state index is 12.6. The summed E-state index contributed by atoms with van der Waals surface area (Å²) in [6.45, 7) is 0.813. The van der Waals surface area contributed by atoms with E-state index in [2.05, 4.69) is 10.6 Å². The van der Waals surface area contributed by atoms with Crippen LogP contribution in [-0.4, -0.2) is 30.7 Å². The first-order valence-electron chi connectivity index (χ1n) is 6.57. The SMILES string of the molecule is Cl.O=C(NC1CCCC(C(F)(F)F)C1)[C@@H]1CCCN1. The van der Waals surface area contributed by atoms with Crippen molar-refractivity contribution < 1.29 is 18.0 Å². The molecule has 1 heterocycles. The Hall–Kier alpha value is -0.490. The standard InChI is InChI=1S/C12H19F3N2O.ClH/c13-12(14,15)8-3-1-4-9(7-8)17-11(18)10-5-2-6-16-10;/h8-10,16H,1-7H2,(H,17,18);1H/t8?,9?,10-;/m0./s1. The summed E-state index contributed by atoms with van der Waals surface area (Å²) in [5.41, 5.74) is 0. The first-order chi connectivity index (χ1) is 8.47. The van der Waals surface area contributed by atoms with Crippen LogP contribution in [0.25, 0.3) is 0 Å². The van der Waals surface area contributed by atoms with Crippen LogP contribution in [0, 0.1) is 5.92 Å². The van der Waals surface area contributed by atoms with Crippen LogP contribution >= 0.6 is 12.4 Å². The van der Waals surface area contributed by atoms with Gasteiger partial charge in [0.25, 0.3) is 0 Å². The number of hydrogen-bond donors (Lipinski definition) is 2. The minimum Gasteiger partial charge on any atom is -0.352 e. The molecule has 0 radical (unpaired) electrons. The maximum absolute atomic E-state index is 12.6. The predicted octanol–water partition coefficient (Wildman–Crippen LogP) is 2.40. The number of alkyl halides is 3. The lowest BCUT2D eigenvalue weighted by Crippen LogP contribution is -2.47. The van der Waals surface area contributed by atoms with Gasteiger partial charge in [-0.25, -0.2) is 0 Å². The van der Waals surface area contributed by atoms with Gasteiger partial charge in [0, 0.05) is 6.04 Å². The number of carbonyl (C=O) groups is 1. The summed E-state index contributed by atoms with van der Waals surface area (Å²) in [5, 5.41) is 5.81. The van der Waals surface area contributed by atoms with Gasteiger partial charge in [0.15, 0.2) is 0 Å². The van der Waals surface area contributed by atoms with Crippen LogP contribution < -0.4 is 10.6 Å². The molecule has 19 heavy (non-hydrogen) atoms. The van der Waals surface area contributed by atoms with Crippen LogP contribution in [0.1, 0.15) is 38.5 Å². The fourth-order valence-corrected chi connectivity index (χ4v) is 2.83. The highest BCUT2D eigenvalue weighted by Gasteiger charge is 2.42. The van der Waals surface area contributed by atoms with E-state index >= 15 is 0 Å². The van der Waals surface area contributed by atoms with Crippen molar-refractivity contribution in [3.05, 3.63) is 0 Å². The molecule has 112 valence electrons. The van der Waals surface area contributed by atoms with Crippen molar-refractivity contribution in [2.75, 3.05) is 6.54 Å². The summed E-state index contributed by atoms with van der Waals surface area (Å²) in [4.78, 5) is 11.8. The summed E-state index contributed by atoms with van der Waals surface area (Å²) >= 11 is 0. The lowest BCUT2D eigenvalue weighted by Gasteiger charge is -2.31. The summed E-state index contributed by atoms with van der Waals surface area (Å²) < 4.78 is 37.9. The van der Waals surface area contributed by atoms with Crippen LogP contribution in [0.15, 0.2) is 0 Å². The second kappa shape index (κ2) is 6.79. The predicted molar refractivity (Wildman–Crippen MR) is 68.2 cm³/mol. The molecule has 2 aliphatic rings. The Kier molecular flexibility index (Phi) is 5.92. The van der Waals surface area contributed by atoms with Crippen molar-refractivity contribution >= 4 is 18.3 Å². The lowest BCUT2D eigenvalue weighted by molar-refractivity contribution is -0.184. The maximum Gasteiger partial charge on any atom is 0.391 e. The number of nitrogens with one attached hydrogen (secondary N) is 2. The fraction of sp³-hybridized carbons (Fsp3) is 0.917. The summed E-state index contributed by atoms with van der Waals surface area (Å²) in [6, 6.07) is -0.531. The third-order valence-electron chi connectivity index (χ3n) is 3.86. The summed E-state index contributed by atoms with van der Waals surface area (Å²) in [6.07, 6.45) is -0.984. The van der Waals surface area contributed by atoms with Crippen LogP contribution in [0.3, 0.4) is 0 Å². The minimum atomic E-state index is -4.13. The molecular weight excluding hydrogens is 281 g/mol. The first kappa shape index (κ1) is 16.6. The highest BCUT2D eigenvalue weighted by atomic mass is 35.5. The van der Waals surface area contributed by atoms with Crippen molar-refractivity contribution in [1.29, 1.82) is 0 Å². The Balaban J connectivity index is 0.00000180. The Morgan fingerprint density at radius 2 is 1.89 bits per heavy atom. The molecule has 1 aliphatic carbocycles. The van der Waals surface area contributed by atoms with Crippen LogP contribution in [0.2, 0.25) is 0 Å². The Morgan fingerprint density at radius 1 is 1.16 bits per heavy atom. The molecule has 3 nitrogen and oxygen atoms in total. The molecule has 0 aromatic carbocycles. The molecule has 7 heteroatoms. The van der Waals surface area contributed by atoms with Gasteiger partial charge in [0.2, 0.25) is 5.91 Å². The number of rotatable bonds is 2. The van der Waals surface area contributed by atoms with Gasteiger partial charge in [0.1, 0.15) is 0 Å². The highest BCUT2D eigenvalue weighted by Crippen LogP contribution is 2.37. The third kappa shape index (κ3) is 4.53. The zero-order chi connectivity index (χ0) is 13.2. The molecule has 3 atom stereocenters. The van der Waals surface area contributed by atoms with E-state index < -0.39 is 12.1 Å². The molecule has 2 unspecified atom stereocenters. The minimum absolute atomic E-state index is 0. The molecule has 2 N–H and O–H groups in total. The molecule has 0 bridgehead atoms. The smallest absolute Gasteiger partial charge is 0.352 e. The first-order valence-corrected chi connectivity index (χ1v) is 6.57. The number of carbonyl (C=O) groups excluding carboxylic acids is 1. The summed E-state index contributed by atoms with van der Waals surface area (Å²) in [7, 11) is 0. The average Bonchev–Trinajstić information content (AvgIpc) is 2.81. The number of hydrogen-bond acceptors (Lipinski definition) is 2. The second-order valence-electron chi connectivity index (χ2n) is 5.26. The van der Waals surface area contributed by atoms with Crippen LogP contribution in [0.4, 0.5) is 13.2 Å². The van der Waals surface area contributed by atoms with Crippen molar-refractivity contribution in [1.82, 2.24) is 10.6 Å². The average molecular weight is 301 g/mol. The highest BCUT2D eigenvalue weighted by molar-refractivity contribution is 5.85. The Morgan fingerprint density at radius 3 is 2.47 bits per heavy atom. The van der Waals surface area contributed by atoms with Gasteiger partial charge in [0.05, 0.1) is 12.0 Å². The monoisotopic (exact) mass is 300 g/mol. The van der Waals surface area contributed by atoms with Gasteiger partial charge in [-0.3, -0.25) is 4.79 Å². The molecule has 2 fully saturated rings. The molecule has 0 aromatic heterocycles. The Bertz CT molecular complexity index is 306. The van der Waals surface area contributed by atoms with Gasteiger partial charge >= 0.3 is 6.18 Å². The van der Waals surface area contributed by atoms with E-state index in [1.54, 1.807) is 0 Å². The molecule has 0 spiro atoms. The van der Waals surface area contributed by atoms with Gasteiger partial charge < -0.3 is 10.6 Å². The second-order valence-corrected chi connectivity index (χ2v) is 5.26. The van der Waals surface area contributed by atoms with E-state index in [4.69, 9.17) is 0 Å². The van der Waals surface area contributed by atoms with E-state index in [0.29, 0.717) is 12.8 Å². The van der Waals surface area contributed by atoms with Gasteiger partial charge in [-0.1, -0.05) is 6.42 Å². The van der Waals surface area contributed by atoms with E-state index in [9.17, 15) is 18.0 Å². The fourth-order valence-electron chi connectivity index (χ4n) is 2.83. The lowest BCUT2D eigenvalue weighted by atomic mass is 9.85. The Labute approximate surface area is 117 Å². The van der Waals surface area contributed by atoms with E-state index in [1.807, 2.05) is 0 Å². The number of halogens is 4. The van der Waals surface area contributed by atoms with Gasteiger partial charge in [-0.2, -0.15) is 13.2 Å². The largest absolute Gasteiger partial charge is 0.391 e. The van der Waals surface area contributed by atoms with Crippen molar-refractivity contribution in [2.24, 2.45) is 5.92 Å². The van der Waals surface area contributed by atoms with E-state index in [-0.39, 0.29) is 43.2 Å². The van der Waals surface area contributed by atoms with E-state index in [1.165, 1.54) is 0 Å². The third-order valence-corrected chi connectivity index (χ3v) is 3.86.